The first-order valence-corrected chi connectivity index (χ1v) is 5.54. The number of nitrogens with two attached hydrogens (primary N) is 1. The lowest BCUT2D eigenvalue weighted by Gasteiger charge is -2.15. The summed E-state index contributed by atoms with van der Waals surface area (Å²) in [5.74, 6) is 0. The van der Waals surface area contributed by atoms with Gasteiger partial charge < -0.3 is 10.6 Å². The third-order valence-corrected chi connectivity index (χ3v) is 2.34. The summed E-state index contributed by atoms with van der Waals surface area (Å²) in [4.78, 5) is 2.93. The minimum absolute atomic E-state index is 0.625. The summed E-state index contributed by atoms with van der Waals surface area (Å²) in [6.45, 7) is 4.40. The molecular weight excluding hydrogens is 180 g/mol. The summed E-state index contributed by atoms with van der Waals surface area (Å²) in [6, 6.07) is 0. The van der Waals surface area contributed by atoms with Crippen LogP contribution in [0.1, 0.15) is 39.0 Å². The highest BCUT2D eigenvalue weighted by Crippen LogP contribution is 2.00. The highest BCUT2D eigenvalue weighted by Gasteiger charge is 1.98. The molecule has 0 unspecified atom stereocenters. The summed E-state index contributed by atoms with van der Waals surface area (Å²) < 4.78 is 0. The van der Waals surface area contributed by atoms with Crippen molar-refractivity contribution in [2.24, 2.45) is 5.73 Å². The van der Waals surface area contributed by atoms with Crippen molar-refractivity contribution in [1.29, 1.82) is 0 Å². The molecule has 0 heterocycles. The second-order valence-corrected chi connectivity index (χ2v) is 4.10. The lowest BCUT2D eigenvalue weighted by molar-refractivity contribution is 0.334. The van der Waals surface area contributed by atoms with Gasteiger partial charge in [0.15, 0.2) is 0 Å². The van der Waals surface area contributed by atoms with Gasteiger partial charge in [-0.15, -0.1) is 0 Å². The van der Waals surface area contributed by atoms with Crippen LogP contribution in [0.3, 0.4) is 0 Å². The minimum atomic E-state index is 0.625. The van der Waals surface area contributed by atoms with Crippen LogP contribution in [0.25, 0.3) is 0 Å². The lowest BCUT2D eigenvalue weighted by atomic mass is 10.2. The van der Waals surface area contributed by atoms with E-state index >= 15 is 0 Å². The number of rotatable bonds is 8. The second-order valence-electron chi connectivity index (χ2n) is 3.58. The maximum absolute atomic E-state index is 5.42. The molecule has 3 heteroatoms. The summed E-state index contributed by atoms with van der Waals surface area (Å²) in [5.41, 5.74) is 5.42. The Bertz CT molecular complexity index is 137. The van der Waals surface area contributed by atoms with Gasteiger partial charge in [-0.25, -0.2) is 0 Å². The molecule has 13 heavy (non-hydrogen) atoms. The molecule has 0 aliphatic heterocycles. The highest BCUT2D eigenvalue weighted by atomic mass is 32.1. The van der Waals surface area contributed by atoms with Gasteiger partial charge in [-0.3, -0.25) is 0 Å². The van der Waals surface area contributed by atoms with Gasteiger partial charge in [0, 0.05) is 13.0 Å². The first-order chi connectivity index (χ1) is 6.16. The number of hydrogen-bond donors (Lipinski definition) is 1. The Morgan fingerprint density at radius 2 is 1.92 bits per heavy atom. The molecule has 0 aromatic rings. The highest BCUT2D eigenvalue weighted by molar-refractivity contribution is 7.80. The fourth-order valence-corrected chi connectivity index (χ4v) is 1.31. The molecule has 0 bridgehead atoms. The largest absolute Gasteiger partial charge is 0.393 e. The molecule has 0 amide bonds. The van der Waals surface area contributed by atoms with Gasteiger partial charge in [-0.05, 0) is 20.0 Å². The third kappa shape index (κ3) is 9.77. The monoisotopic (exact) mass is 202 g/mol. The summed E-state index contributed by atoms with van der Waals surface area (Å²) in [7, 11) is 2.13. The Kier molecular flexibility index (Phi) is 8.35. The van der Waals surface area contributed by atoms with Gasteiger partial charge >= 0.3 is 0 Å². The average molecular weight is 202 g/mol. The van der Waals surface area contributed by atoms with E-state index in [0.717, 1.165) is 13.0 Å². The Labute approximate surface area is 87.5 Å². The van der Waals surface area contributed by atoms with Crippen LogP contribution >= 0.6 is 12.2 Å². The standard InChI is InChI=1S/C10H22N2S/c1-3-4-5-6-8-12(2)9-7-10(11)13/h3-9H2,1-2H3,(H2,11,13). The van der Waals surface area contributed by atoms with Gasteiger partial charge in [0.2, 0.25) is 0 Å². The third-order valence-electron chi connectivity index (χ3n) is 2.13. The minimum Gasteiger partial charge on any atom is -0.393 e. The van der Waals surface area contributed by atoms with Crippen LogP contribution in [0.15, 0.2) is 0 Å². The molecule has 0 spiro atoms. The van der Waals surface area contributed by atoms with E-state index in [2.05, 4.69) is 18.9 Å². The summed E-state index contributed by atoms with van der Waals surface area (Å²) in [5, 5.41) is 0. The molecule has 0 aromatic carbocycles. The Hall–Kier alpha value is -0.150. The molecular formula is C10H22N2S. The number of hydrogen-bond acceptors (Lipinski definition) is 2. The van der Waals surface area contributed by atoms with E-state index in [1.54, 1.807) is 0 Å². The zero-order chi connectivity index (χ0) is 10.1. The SMILES string of the molecule is CCCCCCN(C)CCC(N)=S. The van der Waals surface area contributed by atoms with E-state index in [0.29, 0.717) is 4.99 Å². The predicted molar refractivity (Wildman–Crippen MR) is 63.0 cm³/mol. The van der Waals surface area contributed by atoms with Crippen LogP contribution in [0, 0.1) is 0 Å². The van der Waals surface area contributed by atoms with E-state index in [9.17, 15) is 0 Å². The van der Waals surface area contributed by atoms with E-state index in [4.69, 9.17) is 18.0 Å². The van der Waals surface area contributed by atoms with Crippen LogP contribution in [-0.4, -0.2) is 30.0 Å². The molecule has 2 N–H and O–H groups in total. The summed E-state index contributed by atoms with van der Waals surface area (Å²) >= 11 is 4.82. The smallest absolute Gasteiger partial charge is 0.0740 e. The van der Waals surface area contributed by atoms with Gasteiger partial charge in [-0.1, -0.05) is 38.4 Å². The Morgan fingerprint density at radius 1 is 1.23 bits per heavy atom. The molecule has 0 aliphatic carbocycles. The van der Waals surface area contributed by atoms with Gasteiger partial charge in [0.05, 0.1) is 4.99 Å². The van der Waals surface area contributed by atoms with Crippen LogP contribution in [0.4, 0.5) is 0 Å². The molecule has 2 nitrogen and oxygen atoms in total. The zero-order valence-corrected chi connectivity index (χ0v) is 9.70. The van der Waals surface area contributed by atoms with E-state index in [-0.39, 0.29) is 0 Å². The molecule has 0 atom stereocenters. The van der Waals surface area contributed by atoms with Crippen LogP contribution in [0.2, 0.25) is 0 Å². The molecule has 0 saturated heterocycles. The fraction of sp³-hybridized carbons (Fsp3) is 0.900. The molecule has 0 radical (unpaired) electrons. The van der Waals surface area contributed by atoms with Crippen molar-refractivity contribution in [1.82, 2.24) is 4.90 Å². The molecule has 0 aliphatic rings. The number of thiocarbonyl (C=S) groups is 1. The van der Waals surface area contributed by atoms with E-state index in [1.165, 1.54) is 32.2 Å². The average Bonchev–Trinajstić information content (AvgIpc) is 2.09. The van der Waals surface area contributed by atoms with Crippen molar-refractivity contribution >= 4 is 17.2 Å². The van der Waals surface area contributed by atoms with Crippen LogP contribution < -0.4 is 5.73 Å². The topological polar surface area (TPSA) is 29.3 Å². The van der Waals surface area contributed by atoms with Gasteiger partial charge in [0.25, 0.3) is 0 Å². The van der Waals surface area contributed by atoms with Crippen molar-refractivity contribution < 1.29 is 0 Å². The molecule has 0 aromatic heterocycles. The first-order valence-electron chi connectivity index (χ1n) is 5.13. The van der Waals surface area contributed by atoms with Crippen LogP contribution in [0.5, 0.6) is 0 Å². The van der Waals surface area contributed by atoms with Gasteiger partial charge in [0.1, 0.15) is 0 Å². The lowest BCUT2D eigenvalue weighted by Crippen LogP contribution is -2.24. The van der Waals surface area contributed by atoms with E-state index in [1.807, 2.05) is 0 Å². The zero-order valence-electron chi connectivity index (χ0n) is 8.88. The quantitative estimate of drug-likeness (QED) is 0.483. The molecule has 0 fully saturated rings. The van der Waals surface area contributed by atoms with Crippen molar-refractivity contribution in [3.05, 3.63) is 0 Å². The van der Waals surface area contributed by atoms with Crippen molar-refractivity contribution in [2.75, 3.05) is 20.1 Å². The molecule has 0 rings (SSSR count). The van der Waals surface area contributed by atoms with Crippen LogP contribution in [-0.2, 0) is 0 Å². The maximum Gasteiger partial charge on any atom is 0.0740 e. The Morgan fingerprint density at radius 3 is 2.46 bits per heavy atom. The summed E-state index contributed by atoms with van der Waals surface area (Å²) in [6.07, 6.45) is 6.13. The number of unbranched alkanes of at least 4 members (excludes halogenated alkanes) is 3. The maximum atomic E-state index is 5.42. The second kappa shape index (κ2) is 8.45. The molecule has 78 valence electrons. The van der Waals surface area contributed by atoms with Crippen molar-refractivity contribution in [3.8, 4) is 0 Å². The number of nitrogens with zero attached hydrogens (tertiary/aromatic N) is 1. The fourth-order valence-electron chi connectivity index (χ4n) is 1.22. The first kappa shape index (κ1) is 12.8. The van der Waals surface area contributed by atoms with Gasteiger partial charge in [-0.2, -0.15) is 0 Å². The molecule has 0 saturated carbocycles. The van der Waals surface area contributed by atoms with Crippen molar-refractivity contribution in [2.45, 2.75) is 39.0 Å². The normalized spacial score (nSPS) is 10.7. The van der Waals surface area contributed by atoms with E-state index < -0.39 is 0 Å². The predicted octanol–water partition coefficient (Wildman–Crippen LogP) is 2.17. The van der Waals surface area contributed by atoms with Crippen molar-refractivity contribution in [3.63, 3.8) is 0 Å². The Balaban J connectivity index is 3.19.